The van der Waals surface area contributed by atoms with Gasteiger partial charge in [-0.3, -0.25) is 14.7 Å². The van der Waals surface area contributed by atoms with Gasteiger partial charge in [0, 0.05) is 19.6 Å². The van der Waals surface area contributed by atoms with E-state index in [1.165, 1.54) is 19.3 Å². The van der Waals surface area contributed by atoms with E-state index in [1.807, 2.05) is 0 Å². The standard InChI is InChI=1S/C12H27N3S3/c16-7-1-4-13-10-14(5-2-8-17)12-15(11-13)6-3-9-18/h16-18H,1-12H2. The van der Waals surface area contributed by atoms with Gasteiger partial charge in [0.15, 0.2) is 0 Å². The van der Waals surface area contributed by atoms with Gasteiger partial charge in [0.2, 0.25) is 0 Å². The molecule has 0 aromatic rings. The van der Waals surface area contributed by atoms with Gasteiger partial charge in [-0.05, 0) is 36.5 Å². The third kappa shape index (κ3) is 6.91. The molecule has 1 rings (SSSR count). The summed E-state index contributed by atoms with van der Waals surface area (Å²) < 4.78 is 0. The summed E-state index contributed by atoms with van der Waals surface area (Å²) in [6.45, 7) is 6.74. The first kappa shape index (κ1) is 17.0. The summed E-state index contributed by atoms with van der Waals surface area (Å²) in [7, 11) is 0. The second kappa shape index (κ2) is 10.7. The fraction of sp³-hybridized carbons (Fsp3) is 1.00. The first-order chi connectivity index (χ1) is 8.80. The largest absolute Gasteiger partial charge is 0.277 e. The van der Waals surface area contributed by atoms with Crippen LogP contribution in [0.25, 0.3) is 0 Å². The minimum atomic E-state index is 0.976. The molecule has 0 aliphatic carbocycles. The summed E-state index contributed by atoms with van der Waals surface area (Å²) in [6, 6.07) is 0. The van der Waals surface area contributed by atoms with Gasteiger partial charge in [-0.1, -0.05) is 0 Å². The fourth-order valence-corrected chi connectivity index (χ4v) is 2.71. The molecule has 1 aliphatic rings. The van der Waals surface area contributed by atoms with E-state index in [0.717, 1.165) is 56.9 Å². The van der Waals surface area contributed by atoms with E-state index in [4.69, 9.17) is 0 Å². The zero-order valence-electron chi connectivity index (χ0n) is 11.2. The molecule has 0 aromatic heterocycles. The molecule has 0 radical (unpaired) electrons. The second-order valence-corrected chi connectivity index (χ2v) is 6.18. The zero-order valence-corrected chi connectivity index (χ0v) is 13.9. The molecule has 18 heavy (non-hydrogen) atoms. The Labute approximate surface area is 128 Å². The molecule has 1 aliphatic heterocycles. The van der Waals surface area contributed by atoms with Crippen LogP contribution < -0.4 is 0 Å². The van der Waals surface area contributed by atoms with Crippen molar-refractivity contribution < 1.29 is 0 Å². The fourth-order valence-electron chi connectivity index (χ4n) is 2.29. The summed E-state index contributed by atoms with van der Waals surface area (Å²) in [5.41, 5.74) is 0. The molecule has 0 saturated carbocycles. The van der Waals surface area contributed by atoms with Crippen LogP contribution in [0, 0.1) is 0 Å². The Kier molecular flexibility index (Phi) is 10.1. The molecule has 0 amide bonds. The third-order valence-corrected chi connectivity index (χ3v) is 4.05. The average molecular weight is 310 g/mol. The van der Waals surface area contributed by atoms with Crippen LogP contribution in [-0.4, -0.2) is 71.6 Å². The van der Waals surface area contributed by atoms with Gasteiger partial charge in [-0.2, -0.15) is 37.9 Å². The molecule has 3 nitrogen and oxygen atoms in total. The van der Waals surface area contributed by atoms with Crippen molar-refractivity contribution >= 4 is 37.9 Å². The Balaban J connectivity index is 2.38. The highest BCUT2D eigenvalue weighted by molar-refractivity contribution is 7.80. The molecule has 0 unspecified atom stereocenters. The van der Waals surface area contributed by atoms with E-state index in [2.05, 4.69) is 52.6 Å². The van der Waals surface area contributed by atoms with Crippen LogP contribution in [0.15, 0.2) is 0 Å². The molecule has 1 saturated heterocycles. The van der Waals surface area contributed by atoms with Crippen LogP contribution >= 0.6 is 37.9 Å². The number of hydrogen-bond donors (Lipinski definition) is 3. The summed E-state index contributed by atoms with van der Waals surface area (Å²) in [5.74, 6) is 2.93. The Morgan fingerprint density at radius 1 is 0.556 bits per heavy atom. The van der Waals surface area contributed by atoms with Crippen LogP contribution in [-0.2, 0) is 0 Å². The number of nitrogens with zero attached hydrogens (tertiary/aromatic N) is 3. The van der Waals surface area contributed by atoms with Crippen LogP contribution in [0.5, 0.6) is 0 Å². The zero-order chi connectivity index (χ0) is 13.2. The highest BCUT2D eigenvalue weighted by Crippen LogP contribution is 2.10. The van der Waals surface area contributed by atoms with Crippen molar-refractivity contribution in [3.63, 3.8) is 0 Å². The summed E-state index contributed by atoms with van der Waals surface area (Å²) >= 11 is 12.9. The Morgan fingerprint density at radius 3 is 1.06 bits per heavy atom. The van der Waals surface area contributed by atoms with E-state index in [0.29, 0.717) is 0 Å². The lowest BCUT2D eigenvalue weighted by atomic mass is 10.3. The van der Waals surface area contributed by atoms with E-state index >= 15 is 0 Å². The van der Waals surface area contributed by atoms with Crippen molar-refractivity contribution in [2.45, 2.75) is 19.3 Å². The predicted octanol–water partition coefficient (Wildman–Crippen LogP) is 1.74. The molecule has 0 spiro atoms. The van der Waals surface area contributed by atoms with Crippen molar-refractivity contribution in [1.82, 2.24) is 14.7 Å². The average Bonchev–Trinajstić information content (AvgIpc) is 2.40. The SMILES string of the molecule is SCCCN1CN(CCCS)CN(CCCS)C1. The maximum Gasteiger partial charge on any atom is 0.0530 e. The van der Waals surface area contributed by atoms with E-state index in [1.54, 1.807) is 0 Å². The van der Waals surface area contributed by atoms with Gasteiger partial charge < -0.3 is 0 Å². The van der Waals surface area contributed by atoms with E-state index < -0.39 is 0 Å². The number of rotatable bonds is 9. The molecule has 6 heteroatoms. The lowest BCUT2D eigenvalue weighted by molar-refractivity contribution is -0.0285. The quantitative estimate of drug-likeness (QED) is 0.560. The van der Waals surface area contributed by atoms with Crippen molar-refractivity contribution in [3.8, 4) is 0 Å². The Hall–Kier alpha value is 0.930. The molecule has 1 fully saturated rings. The van der Waals surface area contributed by atoms with Gasteiger partial charge in [-0.15, -0.1) is 0 Å². The van der Waals surface area contributed by atoms with Gasteiger partial charge in [0.05, 0.1) is 20.0 Å². The normalized spacial score (nSPS) is 19.5. The van der Waals surface area contributed by atoms with Gasteiger partial charge in [-0.25, -0.2) is 0 Å². The van der Waals surface area contributed by atoms with E-state index in [9.17, 15) is 0 Å². The first-order valence-electron chi connectivity index (χ1n) is 6.79. The van der Waals surface area contributed by atoms with Gasteiger partial charge >= 0.3 is 0 Å². The molecule has 1 heterocycles. The second-order valence-electron chi connectivity index (χ2n) is 4.84. The summed E-state index contributed by atoms with van der Waals surface area (Å²) in [6.07, 6.45) is 3.51. The topological polar surface area (TPSA) is 9.72 Å². The molecule has 0 atom stereocenters. The molecular weight excluding hydrogens is 282 g/mol. The predicted molar refractivity (Wildman–Crippen MR) is 90.1 cm³/mol. The Morgan fingerprint density at radius 2 is 0.833 bits per heavy atom. The van der Waals surface area contributed by atoms with Crippen LogP contribution in [0.2, 0.25) is 0 Å². The van der Waals surface area contributed by atoms with Crippen molar-refractivity contribution in [2.24, 2.45) is 0 Å². The highest BCUT2D eigenvalue weighted by atomic mass is 32.1. The van der Waals surface area contributed by atoms with Crippen LogP contribution in [0.1, 0.15) is 19.3 Å². The maximum absolute atomic E-state index is 4.30. The minimum Gasteiger partial charge on any atom is -0.277 e. The van der Waals surface area contributed by atoms with Gasteiger partial charge in [0.1, 0.15) is 0 Å². The third-order valence-electron chi connectivity index (χ3n) is 3.10. The highest BCUT2D eigenvalue weighted by Gasteiger charge is 2.21. The monoisotopic (exact) mass is 309 g/mol. The minimum absolute atomic E-state index is 0.976. The molecular formula is C12H27N3S3. The molecule has 0 N–H and O–H groups in total. The molecule has 0 aromatic carbocycles. The molecule has 0 bridgehead atoms. The van der Waals surface area contributed by atoms with Crippen molar-refractivity contribution in [2.75, 3.05) is 56.9 Å². The maximum atomic E-state index is 4.30. The lowest BCUT2D eigenvalue weighted by Gasteiger charge is -2.42. The van der Waals surface area contributed by atoms with Crippen LogP contribution in [0.3, 0.4) is 0 Å². The molecule has 108 valence electrons. The van der Waals surface area contributed by atoms with Crippen molar-refractivity contribution in [3.05, 3.63) is 0 Å². The number of hydrogen-bond acceptors (Lipinski definition) is 6. The summed E-state index contributed by atoms with van der Waals surface area (Å²) in [5, 5.41) is 0. The van der Waals surface area contributed by atoms with Gasteiger partial charge in [0.25, 0.3) is 0 Å². The first-order valence-corrected chi connectivity index (χ1v) is 8.69. The number of thiol groups is 3. The van der Waals surface area contributed by atoms with E-state index in [-0.39, 0.29) is 0 Å². The van der Waals surface area contributed by atoms with Crippen LogP contribution in [0.4, 0.5) is 0 Å². The Bertz CT molecular complexity index is 168. The summed E-state index contributed by atoms with van der Waals surface area (Å²) in [4.78, 5) is 7.57. The lowest BCUT2D eigenvalue weighted by Crippen LogP contribution is -2.55. The van der Waals surface area contributed by atoms with Crippen molar-refractivity contribution in [1.29, 1.82) is 0 Å². The smallest absolute Gasteiger partial charge is 0.0530 e.